The van der Waals surface area contributed by atoms with Crippen LogP contribution in [-0.2, 0) is 9.59 Å². The Morgan fingerprint density at radius 3 is 2.43 bits per heavy atom. The van der Waals surface area contributed by atoms with Crippen molar-refractivity contribution in [3.8, 4) is 5.75 Å². The standard InChI is InChI=1S/C18H15Cl2N3O5/c1-28-12-5-2-10(3-6-12)16(25)13-8-11(20)4-7-14(13)22-23-17(18(26)27)21-15(24)9-19/h2-8,17H,9H2,1H3,(H,21,24)(H,26,27). The fourth-order valence-electron chi connectivity index (χ4n) is 2.13. The van der Waals surface area contributed by atoms with E-state index in [0.717, 1.165) is 0 Å². The first-order valence-corrected chi connectivity index (χ1v) is 8.74. The van der Waals surface area contributed by atoms with E-state index in [0.29, 0.717) is 16.3 Å². The average molecular weight is 424 g/mol. The molecule has 0 heterocycles. The molecule has 0 radical (unpaired) electrons. The molecule has 0 bridgehead atoms. The van der Waals surface area contributed by atoms with Crippen LogP contribution >= 0.6 is 23.2 Å². The molecule has 2 aromatic carbocycles. The van der Waals surface area contributed by atoms with Crippen LogP contribution in [0.4, 0.5) is 5.69 Å². The van der Waals surface area contributed by atoms with E-state index in [-0.39, 0.29) is 11.3 Å². The average Bonchev–Trinajstić information content (AvgIpc) is 2.70. The molecule has 1 unspecified atom stereocenters. The molecule has 1 atom stereocenters. The molecule has 0 saturated carbocycles. The Balaban J connectivity index is 2.36. The highest BCUT2D eigenvalue weighted by molar-refractivity contribution is 6.31. The maximum absolute atomic E-state index is 12.8. The molecular weight excluding hydrogens is 409 g/mol. The molecule has 0 spiro atoms. The van der Waals surface area contributed by atoms with Gasteiger partial charge in [0.1, 0.15) is 11.6 Å². The largest absolute Gasteiger partial charge is 0.497 e. The summed E-state index contributed by atoms with van der Waals surface area (Å²) >= 11 is 11.3. The van der Waals surface area contributed by atoms with Gasteiger partial charge in [0.05, 0.1) is 18.4 Å². The minimum absolute atomic E-state index is 0.0941. The highest BCUT2D eigenvalue weighted by atomic mass is 35.5. The number of methoxy groups -OCH3 is 1. The zero-order chi connectivity index (χ0) is 20.7. The Kier molecular flexibility index (Phi) is 7.48. The molecule has 0 aliphatic heterocycles. The number of azo groups is 1. The molecule has 0 fully saturated rings. The second kappa shape index (κ2) is 9.82. The quantitative estimate of drug-likeness (QED) is 0.383. The van der Waals surface area contributed by atoms with E-state index in [9.17, 15) is 14.4 Å². The molecule has 2 aromatic rings. The summed E-state index contributed by atoms with van der Waals surface area (Å²) in [6.07, 6.45) is -1.65. The zero-order valence-electron chi connectivity index (χ0n) is 14.6. The maximum atomic E-state index is 12.8. The number of benzene rings is 2. The van der Waals surface area contributed by atoms with Crippen molar-refractivity contribution < 1.29 is 24.2 Å². The first-order chi connectivity index (χ1) is 13.3. The third kappa shape index (κ3) is 5.51. The number of nitrogens with one attached hydrogen (secondary N) is 1. The molecule has 28 heavy (non-hydrogen) atoms. The number of nitrogens with zero attached hydrogens (tertiary/aromatic N) is 2. The number of alkyl halides is 1. The Morgan fingerprint density at radius 2 is 1.86 bits per heavy atom. The molecule has 8 nitrogen and oxygen atoms in total. The number of hydrogen-bond donors (Lipinski definition) is 2. The minimum Gasteiger partial charge on any atom is -0.497 e. The van der Waals surface area contributed by atoms with Crippen LogP contribution in [0.25, 0.3) is 0 Å². The van der Waals surface area contributed by atoms with Gasteiger partial charge in [0.25, 0.3) is 0 Å². The Labute approximate surface area is 170 Å². The van der Waals surface area contributed by atoms with Crippen molar-refractivity contribution in [2.24, 2.45) is 10.2 Å². The summed E-state index contributed by atoms with van der Waals surface area (Å²) in [6, 6.07) is 10.7. The molecular formula is C18H15Cl2N3O5. The Hall–Kier alpha value is -2.97. The fourth-order valence-corrected chi connectivity index (χ4v) is 2.38. The summed E-state index contributed by atoms with van der Waals surface area (Å²) in [5.74, 6) is -2.39. The molecule has 146 valence electrons. The van der Waals surface area contributed by atoms with Crippen LogP contribution in [0.1, 0.15) is 15.9 Å². The monoisotopic (exact) mass is 423 g/mol. The van der Waals surface area contributed by atoms with Gasteiger partial charge in [0.2, 0.25) is 12.1 Å². The topological polar surface area (TPSA) is 117 Å². The van der Waals surface area contributed by atoms with Crippen molar-refractivity contribution in [2.45, 2.75) is 6.17 Å². The molecule has 2 rings (SSSR count). The van der Waals surface area contributed by atoms with Gasteiger partial charge in [0.15, 0.2) is 5.78 Å². The van der Waals surface area contributed by atoms with E-state index in [1.54, 1.807) is 24.3 Å². The van der Waals surface area contributed by atoms with Gasteiger partial charge in [-0.3, -0.25) is 9.59 Å². The molecule has 0 aliphatic carbocycles. The SMILES string of the molecule is COc1ccc(C(=O)c2cc(Cl)ccc2N=NC(NC(=O)CCl)C(=O)O)cc1. The number of halogens is 2. The number of carboxylic acids is 1. The number of carbonyl (C=O) groups is 3. The van der Waals surface area contributed by atoms with Gasteiger partial charge in [0, 0.05) is 10.6 Å². The molecule has 0 saturated heterocycles. The van der Waals surface area contributed by atoms with Crippen molar-refractivity contribution in [3.63, 3.8) is 0 Å². The van der Waals surface area contributed by atoms with Crippen LogP contribution in [0.5, 0.6) is 5.75 Å². The lowest BCUT2D eigenvalue weighted by molar-refractivity contribution is -0.141. The van der Waals surface area contributed by atoms with Gasteiger partial charge < -0.3 is 15.2 Å². The van der Waals surface area contributed by atoms with Crippen molar-refractivity contribution in [3.05, 3.63) is 58.6 Å². The number of ether oxygens (including phenoxy) is 1. The fraction of sp³-hybridized carbons (Fsp3) is 0.167. The lowest BCUT2D eigenvalue weighted by Crippen LogP contribution is -2.39. The van der Waals surface area contributed by atoms with Gasteiger partial charge in [-0.05, 0) is 42.5 Å². The van der Waals surface area contributed by atoms with E-state index < -0.39 is 29.7 Å². The highest BCUT2D eigenvalue weighted by Crippen LogP contribution is 2.27. The summed E-state index contributed by atoms with van der Waals surface area (Å²) < 4.78 is 5.06. The predicted octanol–water partition coefficient (Wildman–Crippen LogP) is 3.43. The summed E-state index contributed by atoms with van der Waals surface area (Å²) in [5.41, 5.74) is 0.565. The number of rotatable bonds is 8. The van der Waals surface area contributed by atoms with E-state index in [2.05, 4.69) is 15.5 Å². The predicted molar refractivity (Wildman–Crippen MR) is 103 cm³/mol. The molecule has 0 aliphatic rings. The number of ketones is 1. The normalized spacial score (nSPS) is 11.8. The first-order valence-electron chi connectivity index (χ1n) is 7.83. The Bertz CT molecular complexity index is 916. The van der Waals surface area contributed by atoms with Crippen LogP contribution in [0.3, 0.4) is 0 Å². The van der Waals surface area contributed by atoms with Crippen LogP contribution < -0.4 is 10.1 Å². The van der Waals surface area contributed by atoms with Gasteiger partial charge in [-0.2, -0.15) is 10.2 Å². The Morgan fingerprint density at radius 1 is 1.18 bits per heavy atom. The van der Waals surface area contributed by atoms with E-state index >= 15 is 0 Å². The molecule has 0 aromatic heterocycles. The lowest BCUT2D eigenvalue weighted by atomic mass is 10.0. The van der Waals surface area contributed by atoms with Crippen LogP contribution in [0.15, 0.2) is 52.7 Å². The third-order valence-corrected chi connectivity index (χ3v) is 3.97. The summed E-state index contributed by atoms with van der Waals surface area (Å²) in [4.78, 5) is 35.3. The third-order valence-electron chi connectivity index (χ3n) is 3.49. The van der Waals surface area contributed by atoms with Crippen LogP contribution in [0, 0.1) is 0 Å². The lowest BCUT2D eigenvalue weighted by Gasteiger charge is -2.09. The van der Waals surface area contributed by atoms with Gasteiger partial charge in [-0.15, -0.1) is 11.6 Å². The van der Waals surface area contributed by atoms with Crippen molar-refractivity contribution in [1.82, 2.24) is 5.32 Å². The molecule has 10 heteroatoms. The number of carboxylic acid groups (broad SMARTS) is 1. The number of carbonyl (C=O) groups excluding carboxylic acids is 2. The zero-order valence-corrected chi connectivity index (χ0v) is 16.1. The van der Waals surface area contributed by atoms with Crippen LogP contribution in [0.2, 0.25) is 5.02 Å². The second-order valence-corrected chi connectivity index (χ2v) is 6.08. The second-order valence-electron chi connectivity index (χ2n) is 5.38. The van der Waals surface area contributed by atoms with Gasteiger partial charge >= 0.3 is 5.97 Å². The van der Waals surface area contributed by atoms with E-state index in [1.165, 1.54) is 25.3 Å². The summed E-state index contributed by atoms with van der Waals surface area (Å²) in [7, 11) is 1.51. The molecule has 2 N–H and O–H groups in total. The van der Waals surface area contributed by atoms with Crippen molar-refractivity contribution >= 4 is 46.5 Å². The van der Waals surface area contributed by atoms with Gasteiger partial charge in [-0.25, -0.2) is 4.79 Å². The van der Waals surface area contributed by atoms with Crippen LogP contribution in [-0.4, -0.2) is 41.9 Å². The van der Waals surface area contributed by atoms with E-state index in [4.69, 9.17) is 33.0 Å². The van der Waals surface area contributed by atoms with Crippen molar-refractivity contribution in [2.75, 3.05) is 13.0 Å². The van der Waals surface area contributed by atoms with Crippen molar-refractivity contribution in [1.29, 1.82) is 0 Å². The van der Waals surface area contributed by atoms with Gasteiger partial charge in [-0.1, -0.05) is 11.6 Å². The number of hydrogen-bond acceptors (Lipinski definition) is 6. The minimum atomic E-state index is -1.65. The molecule has 1 amide bonds. The number of aliphatic carboxylic acids is 1. The van der Waals surface area contributed by atoms with E-state index in [1.807, 2.05) is 0 Å². The maximum Gasteiger partial charge on any atom is 0.351 e. The highest BCUT2D eigenvalue weighted by Gasteiger charge is 2.20. The summed E-state index contributed by atoms with van der Waals surface area (Å²) in [5, 5.41) is 18.9. The number of amides is 1. The first kappa shape index (κ1) is 21.3. The summed E-state index contributed by atoms with van der Waals surface area (Å²) in [6.45, 7) is 0. The smallest absolute Gasteiger partial charge is 0.351 e.